The minimum atomic E-state index is -3.69. The van der Waals surface area contributed by atoms with E-state index in [0.717, 1.165) is 5.56 Å². The summed E-state index contributed by atoms with van der Waals surface area (Å²) in [5, 5.41) is 3.81. The van der Waals surface area contributed by atoms with Crippen molar-refractivity contribution < 1.29 is 12.9 Å². The second kappa shape index (κ2) is 5.50. The van der Waals surface area contributed by atoms with E-state index < -0.39 is 10.0 Å². The van der Waals surface area contributed by atoms with Crippen molar-refractivity contribution in [3.05, 3.63) is 40.8 Å². The lowest BCUT2D eigenvalue weighted by Gasteiger charge is -2.19. The highest BCUT2D eigenvalue weighted by Gasteiger charge is 2.26. The van der Waals surface area contributed by atoms with Crippen LogP contribution in [0.5, 0.6) is 0 Å². The quantitative estimate of drug-likeness (QED) is 0.873. The SMILES string of the molecule is Cc1cc(CN(C)S(=O)(=O)c2c(N)ccc(C)c2C)no1. The van der Waals surface area contributed by atoms with Crippen LogP contribution in [0.2, 0.25) is 0 Å². The predicted molar refractivity (Wildman–Crippen MR) is 80.2 cm³/mol. The lowest BCUT2D eigenvalue weighted by Crippen LogP contribution is -2.28. The maximum Gasteiger partial charge on any atom is 0.245 e. The van der Waals surface area contributed by atoms with E-state index in [0.29, 0.717) is 17.0 Å². The summed E-state index contributed by atoms with van der Waals surface area (Å²) in [6.07, 6.45) is 0. The number of hydrogen-bond acceptors (Lipinski definition) is 5. The van der Waals surface area contributed by atoms with E-state index >= 15 is 0 Å². The standard InChI is InChI=1S/C14H19N3O3S/c1-9-5-6-13(15)14(11(9)3)21(18,19)17(4)8-12-7-10(2)20-16-12/h5-7H,8,15H2,1-4H3. The first kappa shape index (κ1) is 15.5. The van der Waals surface area contributed by atoms with Gasteiger partial charge in [-0.05, 0) is 38.0 Å². The molecule has 2 N–H and O–H groups in total. The average molecular weight is 309 g/mol. The Morgan fingerprint density at radius 2 is 1.95 bits per heavy atom. The monoisotopic (exact) mass is 309 g/mol. The molecular weight excluding hydrogens is 290 g/mol. The lowest BCUT2D eigenvalue weighted by atomic mass is 10.1. The molecule has 1 aromatic carbocycles. The number of benzene rings is 1. The smallest absolute Gasteiger partial charge is 0.245 e. The first-order valence-corrected chi connectivity index (χ1v) is 7.91. The largest absolute Gasteiger partial charge is 0.398 e. The molecule has 2 aromatic rings. The number of aryl methyl sites for hydroxylation is 2. The van der Waals surface area contributed by atoms with Crippen LogP contribution < -0.4 is 5.73 Å². The van der Waals surface area contributed by atoms with Gasteiger partial charge in [-0.1, -0.05) is 11.2 Å². The maximum absolute atomic E-state index is 12.7. The zero-order valence-corrected chi connectivity index (χ0v) is 13.4. The van der Waals surface area contributed by atoms with Gasteiger partial charge >= 0.3 is 0 Å². The zero-order valence-electron chi connectivity index (χ0n) is 12.5. The second-order valence-electron chi connectivity index (χ2n) is 5.12. The van der Waals surface area contributed by atoms with E-state index in [1.54, 1.807) is 26.0 Å². The highest BCUT2D eigenvalue weighted by molar-refractivity contribution is 7.89. The fourth-order valence-corrected chi connectivity index (χ4v) is 3.64. The topological polar surface area (TPSA) is 89.4 Å². The van der Waals surface area contributed by atoms with Crippen molar-refractivity contribution in [1.82, 2.24) is 9.46 Å². The van der Waals surface area contributed by atoms with Gasteiger partial charge < -0.3 is 10.3 Å². The molecule has 0 spiro atoms. The lowest BCUT2D eigenvalue weighted by molar-refractivity contribution is 0.378. The first-order valence-electron chi connectivity index (χ1n) is 6.47. The summed E-state index contributed by atoms with van der Waals surface area (Å²) >= 11 is 0. The van der Waals surface area contributed by atoms with Gasteiger partial charge in [0.1, 0.15) is 10.7 Å². The minimum Gasteiger partial charge on any atom is -0.398 e. The van der Waals surface area contributed by atoms with Gasteiger partial charge in [0.15, 0.2) is 0 Å². The summed E-state index contributed by atoms with van der Waals surface area (Å²) in [5.41, 5.74) is 8.23. The van der Waals surface area contributed by atoms with Crippen LogP contribution in [0.1, 0.15) is 22.6 Å². The predicted octanol–water partition coefficient (Wildman–Crippen LogP) is 2.00. The molecule has 1 aromatic heterocycles. The van der Waals surface area contributed by atoms with Crippen molar-refractivity contribution in [2.24, 2.45) is 0 Å². The summed E-state index contributed by atoms with van der Waals surface area (Å²) in [6.45, 7) is 5.50. The van der Waals surface area contributed by atoms with Crippen molar-refractivity contribution in [2.75, 3.05) is 12.8 Å². The average Bonchev–Trinajstić information content (AvgIpc) is 2.79. The number of nitrogens with zero attached hydrogens (tertiary/aromatic N) is 2. The Labute approximate surface area is 124 Å². The van der Waals surface area contributed by atoms with Gasteiger partial charge in [-0.2, -0.15) is 4.31 Å². The fraction of sp³-hybridized carbons (Fsp3) is 0.357. The number of nitrogen functional groups attached to an aromatic ring is 1. The van der Waals surface area contributed by atoms with E-state index in [-0.39, 0.29) is 17.1 Å². The number of nitrogens with two attached hydrogens (primary N) is 1. The Bertz CT molecular complexity index is 766. The molecule has 0 saturated carbocycles. The van der Waals surface area contributed by atoms with Crippen LogP contribution >= 0.6 is 0 Å². The number of anilines is 1. The van der Waals surface area contributed by atoms with Crippen LogP contribution in [-0.2, 0) is 16.6 Å². The molecule has 0 aliphatic heterocycles. The van der Waals surface area contributed by atoms with Crippen LogP contribution in [0, 0.1) is 20.8 Å². The molecule has 0 amide bonds. The number of rotatable bonds is 4. The number of hydrogen-bond donors (Lipinski definition) is 1. The van der Waals surface area contributed by atoms with Gasteiger partial charge in [-0.3, -0.25) is 0 Å². The summed E-state index contributed by atoms with van der Waals surface area (Å²) in [7, 11) is -2.18. The molecule has 2 rings (SSSR count). The van der Waals surface area contributed by atoms with E-state index in [1.165, 1.54) is 11.4 Å². The maximum atomic E-state index is 12.7. The Balaban J connectivity index is 2.40. The van der Waals surface area contributed by atoms with E-state index in [2.05, 4.69) is 5.16 Å². The third kappa shape index (κ3) is 2.93. The number of aromatic nitrogens is 1. The zero-order chi connectivity index (χ0) is 15.8. The van der Waals surface area contributed by atoms with Crippen molar-refractivity contribution in [1.29, 1.82) is 0 Å². The Morgan fingerprint density at radius 3 is 2.52 bits per heavy atom. The van der Waals surface area contributed by atoms with Gasteiger partial charge in [0, 0.05) is 13.1 Å². The highest BCUT2D eigenvalue weighted by atomic mass is 32.2. The van der Waals surface area contributed by atoms with Crippen molar-refractivity contribution in [3.63, 3.8) is 0 Å². The van der Waals surface area contributed by atoms with Crippen LogP contribution in [0.25, 0.3) is 0 Å². The molecular formula is C14H19N3O3S. The van der Waals surface area contributed by atoms with Crippen molar-refractivity contribution in [2.45, 2.75) is 32.2 Å². The molecule has 0 aliphatic carbocycles. The Hall–Kier alpha value is -1.86. The highest BCUT2D eigenvalue weighted by Crippen LogP contribution is 2.28. The molecule has 0 fully saturated rings. The molecule has 6 nitrogen and oxygen atoms in total. The van der Waals surface area contributed by atoms with Crippen LogP contribution in [0.4, 0.5) is 5.69 Å². The van der Waals surface area contributed by atoms with Crippen molar-refractivity contribution >= 4 is 15.7 Å². The molecule has 0 unspecified atom stereocenters. The minimum absolute atomic E-state index is 0.131. The van der Waals surface area contributed by atoms with Crippen LogP contribution in [0.3, 0.4) is 0 Å². The van der Waals surface area contributed by atoms with Crippen LogP contribution in [-0.4, -0.2) is 24.9 Å². The Kier molecular flexibility index (Phi) is 4.06. The van der Waals surface area contributed by atoms with Gasteiger partial charge in [0.05, 0.1) is 17.9 Å². The van der Waals surface area contributed by atoms with Crippen molar-refractivity contribution in [3.8, 4) is 0 Å². The molecule has 114 valence electrons. The molecule has 7 heteroatoms. The van der Waals surface area contributed by atoms with E-state index in [1.807, 2.05) is 13.0 Å². The Morgan fingerprint density at radius 1 is 1.29 bits per heavy atom. The van der Waals surface area contributed by atoms with E-state index in [4.69, 9.17) is 10.3 Å². The van der Waals surface area contributed by atoms with Gasteiger partial charge in [-0.25, -0.2) is 8.42 Å². The molecule has 0 saturated heterocycles. The van der Waals surface area contributed by atoms with Gasteiger partial charge in [0.25, 0.3) is 0 Å². The third-order valence-corrected chi connectivity index (χ3v) is 5.44. The molecule has 1 heterocycles. The number of sulfonamides is 1. The van der Waals surface area contributed by atoms with Gasteiger partial charge in [-0.15, -0.1) is 0 Å². The normalized spacial score (nSPS) is 12.0. The first-order chi connectivity index (χ1) is 9.73. The van der Waals surface area contributed by atoms with E-state index in [9.17, 15) is 8.42 Å². The molecule has 0 radical (unpaired) electrons. The summed E-state index contributed by atoms with van der Waals surface area (Å²) in [4.78, 5) is 0.158. The molecule has 0 aliphatic rings. The van der Waals surface area contributed by atoms with Crippen LogP contribution in [0.15, 0.2) is 27.6 Å². The third-order valence-electron chi connectivity index (χ3n) is 3.44. The summed E-state index contributed by atoms with van der Waals surface area (Å²) < 4.78 is 31.6. The fourth-order valence-electron chi connectivity index (χ4n) is 2.11. The molecule has 0 bridgehead atoms. The molecule has 0 atom stereocenters. The summed E-state index contributed by atoms with van der Waals surface area (Å²) in [6, 6.07) is 5.13. The molecule has 21 heavy (non-hydrogen) atoms. The van der Waals surface area contributed by atoms with Gasteiger partial charge in [0.2, 0.25) is 10.0 Å². The summed E-state index contributed by atoms with van der Waals surface area (Å²) in [5.74, 6) is 0.641. The second-order valence-corrected chi connectivity index (χ2v) is 7.10.